The predicted octanol–water partition coefficient (Wildman–Crippen LogP) is 0.270. The van der Waals surface area contributed by atoms with Gasteiger partial charge in [-0.3, -0.25) is 4.79 Å². The Kier molecular flexibility index (Phi) is 6.83. The molecule has 0 saturated heterocycles. The van der Waals surface area contributed by atoms with Gasteiger partial charge in [0.05, 0.1) is 4.90 Å². The first-order valence-corrected chi connectivity index (χ1v) is 13.3. The van der Waals surface area contributed by atoms with Gasteiger partial charge in [0.15, 0.2) is 11.4 Å². The third-order valence-electron chi connectivity index (χ3n) is 4.59. The highest BCUT2D eigenvalue weighted by atomic mass is 32.2. The first kappa shape index (κ1) is 24.7. The van der Waals surface area contributed by atoms with Crippen molar-refractivity contribution in [3.05, 3.63) is 58.2 Å². The molecule has 0 saturated carbocycles. The van der Waals surface area contributed by atoms with Crippen LogP contribution < -0.4 is 19.8 Å². The summed E-state index contributed by atoms with van der Waals surface area (Å²) in [5.74, 6) is -0.262. The Balaban J connectivity index is 1.79. The SMILES string of the molecule is Cc1cc(C)[n+](CC(=O)Nc2ccc(S(=O)(=O)N=c3sc(S(N)(=O)=O)nn3C)cc2)c(C)c1. The number of benzene rings is 1. The molecule has 3 aromatic rings. The number of sulfonamides is 2. The lowest BCUT2D eigenvalue weighted by molar-refractivity contribution is -0.696. The van der Waals surface area contributed by atoms with E-state index < -0.39 is 24.4 Å². The Morgan fingerprint density at radius 1 is 1.12 bits per heavy atom. The number of carbonyl (C=O) groups excluding carboxylic acids is 1. The molecule has 3 N–H and O–H groups in total. The maximum absolute atomic E-state index is 12.6. The molecule has 3 rings (SSSR count). The van der Waals surface area contributed by atoms with Crippen LogP contribution in [0, 0.1) is 20.8 Å². The molecule has 2 aromatic heterocycles. The van der Waals surface area contributed by atoms with Crippen LogP contribution in [0.2, 0.25) is 0 Å². The van der Waals surface area contributed by atoms with Gasteiger partial charge in [0.2, 0.25) is 15.7 Å². The number of aryl methyl sites for hydroxylation is 4. The molecule has 0 radical (unpaired) electrons. The normalized spacial score (nSPS) is 12.7. The molecule has 1 amide bonds. The average Bonchev–Trinajstić information content (AvgIpc) is 3.05. The second-order valence-electron chi connectivity index (χ2n) is 7.36. The maximum Gasteiger partial charge on any atom is 0.290 e. The van der Waals surface area contributed by atoms with E-state index in [0.29, 0.717) is 17.0 Å². The Morgan fingerprint density at radius 3 is 2.21 bits per heavy atom. The van der Waals surface area contributed by atoms with E-state index in [1.807, 2.05) is 37.5 Å². The van der Waals surface area contributed by atoms with Crippen molar-refractivity contribution in [3.8, 4) is 0 Å². The zero-order chi connectivity index (χ0) is 24.6. The summed E-state index contributed by atoms with van der Waals surface area (Å²) in [6, 6.07) is 9.46. The minimum absolute atomic E-state index is 0.113. The molecule has 0 atom stereocenters. The van der Waals surface area contributed by atoms with E-state index in [0.717, 1.165) is 21.6 Å². The molecule has 1 aromatic carbocycles. The topological polar surface area (TPSA) is 157 Å². The smallest absolute Gasteiger partial charge is 0.290 e. The fourth-order valence-electron chi connectivity index (χ4n) is 3.12. The Bertz CT molecular complexity index is 1480. The standard InChI is InChI=1S/C19H22N6O5S3/c1-12-9-13(2)25(14(3)10-12)11-17(26)21-15-5-7-16(8-6-15)33(29,30)23-18-24(4)22-19(31-18)32(20,27)28/h5-10H,11H2,1-4H3,(H2-,20,21,26,27,28)/p+1. The Morgan fingerprint density at radius 2 is 1.70 bits per heavy atom. The van der Waals surface area contributed by atoms with Gasteiger partial charge in [-0.1, -0.05) is 11.3 Å². The van der Waals surface area contributed by atoms with E-state index in [9.17, 15) is 21.6 Å². The summed E-state index contributed by atoms with van der Waals surface area (Å²) in [5.41, 5.74) is 3.43. The number of nitrogens with zero attached hydrogens (tertiary/aromatic N) is 4. The van der Waals surface area contributed by atoms with Gasteiger partial charge in [0.1, 0.15) is 0 Å². The highest BCUT2D eigenvalue weighted by Crippen LogP contribution is 2.16. The van der Waals surface area contributed by atoms with E-state index in [4.69, 9.17) is 5.14 Å². The first-order valence-electron chi connectivity index (χ1n) is 9.52. The number of pyridine rings is 1. The largest absolute Gasteiger partial charge is 0.321 e. The minimum atomic E-state index is -4.15. The van der Waals surface area contributed by atoms with Crippen molar-refractivity contribution in [3.63, 3.8) is 0 Å². The average molecular weight is 512 g/mol. The number of rotatable bonds is 6. The number of primary sulfonamides is 1. The molecule has 0 spiro atoms. The summed E-state index contributed by atoms with van der Waals surface area (Å²) < 4.78 is 54.2. The van der Waals surface area contributed by atoms with Crippen molar-refractivity contribution in [2.45, 2.75) is 36.6 Å². The second kappa shape index (κ2) is 9.13. The van der Waals surface area contributed by atoms with E-state index in [1.54, 1.807) is 0 Å². The lowest BCUT2D eigenvalue weighted by Crippen LogP contribution is -2.45. The van der Waals surface area contributed by atoms with Gasteiger partial charge in [0.25, 0.3) is 26.0 Å². The van der Waals surface area contributed by atoms with Crippen LogP contribution in [0.3, 0.4) is 0 Å². The molecular weight excluding hydrogens is 488 g/mol. The molecule has 33 heavy (non-hydrogen) atoms. The Hall–Kier alpha value is -2.94. The number of hydrogen-bond acceptors (Lipinski definition) is 7. The molecule has 14 heteroatoms. The summed E-state index contributed by atoms with van der Waals surface area (Å²) in [4.78, 5) is 12.2. The molecule has 0 aliphatic rings. The van der Waals surface area contributed by atoms with Gasteiger partial charge in [-0.2, -0.15) is 13.0 Å². The molecule has 11 nitrogen and oxygen atoms in total. The van der Waals surface area contributed by atoms with Crippen molar-refractivity contribution >= 4 is 43.0 Å². The molecule has 176 valence electrons. The molecule has 0 aliphatic carbocycles. The van der Waals surface area contributed by atoms with Crippen molar-refractivity contribution in [2.24, 2.45) is 16.6 Å². The fraction of sp³-hybridized carbons (Fsp3) is 0.263. The van der Waals surface area contributed by atoms with E-state index in [-0.39, 0.29) is 22.1 Å². The molecule has 0 unspecified atom stereocenters. The Labute approximate surface area is 195 Å². The molecular formula is C19H23N6O5S3+. The van der Waals surface area contributed by atoms with Crippen LogP contribution >= 0.6 is 11.3 Å². The van der Waals surface area contributed by atoms with Gasteiger partial charge < -0.3 is 5.32 Å². The van der Waals surface area contributed by atoms with E-state index >= 15 is 0 Å². The van der Waals surface area contributed by atoms with Crippen LogP contribution in [0.5, 0.6) is 0 Å². The zero-order valence-electron chi connectivity index (χ0n) is 18.3. The van der Waals surface area contributed by atoms with Gasteiger partial charge >= 0.3 is 0 Å². The van der Waals surface area contributed by atoms with E-state index in [1.165, 1.54) is 31.3 Å². The lowest BCUT2D eigenvalue weighted by atomic mass is 10.2. The number of carbonyl (C=O) groups is 1. The highest BCUT2D eigenvalue weighted by Gasteiger charge is 2.19. The number of nitrogens with one attached hydrogen (secondary N) is 1. The highest BCUT2D eigenvalue weighted by molar-refractivity contribution is 7.91. The van der Waals surface area contributed by atoms with E-state index in [2.05, 4.69) is 14.8 Å². The molecule has 0 bridgehead atoms. The van der Waals surface area contributed by atoms with Gasteiger partial charge in [0, 0.05) is 38.7 Å². The summed E-state index contributed by atoms with van der Waals surface area (Å²) in [5, 5.41) is 11.4. The number of nitrogens with two attached hydrogens (primary N) is 1. The first-order chi connectivity index (χ1) is 15.3. The lowest BCUT2D eigenvalue weighted by Gasteiger charge is -2.07. The summed E-state index contributed by atoms with van der Waals surface area (Å²) in [7, 11) is -6.88. The quantitative estimate of drug-likeness (QED) is 0.452. The minimum Gasteiger partial charge on any atom is -0.321 e. The number of aromatic nitrogens is 3. The summed E-state index contributed by atoms with van der Waals surface area (Å²) in [6.45, 7) is 5.94. The van der Waals surface area contributed by atoms with Crippen LogP contribution in [-0.4, -0.2) is 32.5 Å². The second-order valence-corrected chi connectivity index (χ2v) is 11.7. The summed E-state index contributed by atoms with van der Waals surface area (Å²) in [6.07, 6.45) is 0. The maximum atomic E-state index is 12.6. The van der Waals surface area contributed by atoms with Gasteiger partial charge in [-0.15, -0.1) is 9.50 Å². The third kappa shape index (κ3) is 5.90. The monoisotopic (exact) mass is 511 g/mol. The van der Waals surface area contributed by atoms with Gasteiger partial charge in [-0.05, 0) is 36.8 Å². The molecule has 0 fully saturated rings. The van der Waals surface area contributed by atoms with Crippen molar-refractivity contribution in [2.75, 3.05) is 5.32 Å². The van der Waals surface area contributed by atoms with Crippen LogP contribution in [0.25, 0.3) is 0 Å². The van der Waals surface area contributed by atoms with Crippen molar-refractivity contribution in [1.82, 2.24) is 9.78 Å². The number of hydrogen-bond donors (Lipinski definition) is 2. The third-order valence-corrected chi connectivity index (χ3v) is 8.30. The number of anilines is 1. The van der Waals surface area contributed by atoms with Crippen molar-refractivity contribution in [1.29, 1.82) is 0 Å². The fourth-order valence-corrected chi connectivity index (χ4v) is 5.89. The number of amides is 1. The zero-order valence-corrected chi connectivity index (χ0v) is 20.8. The predicted molar refractivity (Wildman–Crippen MR) is 121 cm³/mol. The van der Waals surface area contributed by atoms with Gasteiger partial charge in [-0.25, -0.2) is 18.2 Å². The van der Waals surface area contributed by atoms with Crippen molar-refractivity contribution < 1.29 is 26.2 Å². The van der Waals surface area contributed by atoms with Crippen LogP contribution in [0.15, 0.2) is 50.0 Å². The van der Waals surface area contributed by atoms with Crippen LogP contribution in [0.4, 0.5) is 5.69 Å². The summed E-state index contributed by atoms with van der Waals surface area (Å²) >= 11 is 0.537. The molecule has 2 heterocycles. The van der Waals surface area contributed by atoms with Crippen LogP contribution in [0.1, 0.15) is 17.0 Å². The molecule has 0 aliphatic heterocycles. The van der Waals surface area contributed by atoms with Crippen LogP contribution in [-0.2, 0) is 38.4 Å².